The molecule has 0 aromatic rings. The first-order chi connectivity index (χ1) is 9.82. The Kier molecular flexibility index (Phi) is 5.31. The van der Waals surface area contributed by atoms with Crippen molar-refractivity contribution in [3.05, 3.63) is 0 Å². The fraction of sp³-hybridized carbons (Fsp3) is 0.941. The van der Waals surface area contributed by atoms with Crippen molar-refractivity contribution in [2.24, 2.45) is 23.0 Å². The van der Waals surface area contributed by atoms with Gasteiger partial charge >= 0.3 is 0 Å². The van der Waals surface area contributed by atoms with Crippen molar-refractivity contribution < 1.29 is 4.79 Å². The van der Waals surface area contributed by atoms with Gasteiger partial charge in [0.25, 0.3) is 0 Å². The summed E-state index contributed by atoms with van der Waals surface area (Å²) < 4.78 is 0. The quantitative estimate of drug-likeness (QED) is 0.847. The minimum atomic E-state index is 0.209. The molecule has 0 radical (unpaired) electrons. The first kappa shape index (κ1) is 16.8. The van der Waals surface area contributed by atoms with E-state index in [1.54, 1.807) is 6.92 Å². The summed E-state index contributed by atoms with van der Waals surface area (Å²) in [7, 11) is 0. The molecular weight excluding hydrogens is 262 g/mol. The van der Waals surface area contributed by atoms with Crippen LogP contribution in [0.5, 0.6) is 0 Å². The number of carbonyl (C=O) groups is 1. The summed E-state index contributed by atoms with van der Waals surface area (Å²) in [5.74, 6) is 1.63. The zero-order valence-electron chi connectivity index (χ0n) is 14.3. The fourth-order valence-corrected chi connectivity index (χ4v) is 4.09. The summed E-state index contributed by atoms with van der Waals surface area (Å²) in [6.45, 7) is 13.4. The molecule has 0 aromatic heterocycles. The minimum absolute atomic E-state index is 0.209. The van der Waals surface area contributed by atoms with Gasteiger partial charge in [0.15, 0.2) is 0 Å². The van der Waals surface area contributed by atoms with E-state index in [1.165, 1.54) is 19.3 Å². The summed E-state index contributed by atoms with van der Waals surface area (Å²) in [5.41, 5.74) is 6.43. The van der Waals surface area contributed by atoms with Crippen LogP contribution in [0.25, 0.3) is 0 Å². The van der Waals surface area contributed by atoms with Gasteiger partial charge in [-0.1, -0.05) is 20.8 Å². The van der Waals surface area contributed by atoms with Crippen LogP contribution in [-0.4, -0.2) is 54.5 Å². The Balaban J connectivity index is 2.00. The molecule has 2 rings (SSSR count). The second-order valence-corrected chi connectivity index (χ2v) is 7.98. The number of nitrogens with two attached hydrogens (primary N) is 1. The first-order valence-electron chi connectivity index (χ1n) is 8.52. The molecule has 0 aromatic carbocycles. The Morgan fingerprint density at radius 3 is 2.24 bits per heavy atom. The molecule has 1 aliphatic carbocycles. The maximum absolute atomic E-state index is 11.5. The zero-order chi connectivity index (χ0) is 15.6. The Morgan fingerprint density at radius 2 is 1.76 bits per heavy atom. The van der Waals surface area contributed by atoms with Gasteiger partial charge in [-0.2, -0.15) is 0 Å². The fourth-order valence-electron chi connectivity index (χ4n) is 4.09. The average molecular weight is 295 g/mol. The Morgan fingerprint density at radius 1 is 1.14 bits per heavy atom. The van der Waals surface area contributed by atoms with Crippen LogP contribution in [0, 0.1) is 17.3 Å². The number of rotatable bonds is 2. The molecule has 2 fully saturated rings. The molecule has 0 bridgehead atoms. The van der Waals surface area contributed by atoms with Gasteiger partial charge in [-0.05, 0) is 43.1 Å². The molecule has 1 saturated heterocycles. The van der Waals surface area contributed by atoms with Crippen molar-refractivity contribution in [2.75, 3.05) is 32.7 Å². The van der Waals surface area contributed by atoms with Crippen LogP contribution >= 0.6 is 0 Å². The van der Waals surface area contributed by atoms with Gasteiger partial charge < -0.3 is 10.6 Å². The van der Waals surface area contributed by atoms with E-state index in [0.717, 1.165) is 38.6 Å². The van der Waals surface area contributed by atoms with Crippen molar-refractivity contribution >= 4 is 5.91 Å². The lowest BCUT2D eigenvalue weighted by Gasteiger charge is -2.48. The summed E-state index contributed by atoms with van der Waals surface area (Å²) in [6, 6.07) is 0.613. The smallest absolute Gasteiger partial charge is 0.219 e. The van der Waals surface area contributed by atoms with Gasteiger partial charge in [-0.25, -0.2) is 0 Å². The van der Waals surface area contributed by atoms with Gasteiger partial charge in [0.2, 0.25) is 5.91 Å². The van der Waals surface area contributed by atoms with Gasteiger partial charge in [0, 0.05) is 39.1 Å². The van der Waals surface area contributed by atoms with Crippen LogP contribution in [0.3, 0.4) is 0 Å². The molecule has 2 aliphatic rings. The number of hydrogen-bond acceptors (Lipinski definition) is 3. The van der Waals surface area contributed by atoms with Gasteiger partial charge in [0.1, 0.15) is 0 Å². The number of piperazine rings is 1. The maximum Gasteiger partial charge on any atom is 0.219 e. The second-order valence-electron chi connectivity index (χ2n) is 7.98. The van der Waals surface area contributed by atoms with Crippen LogP contribution in [0.4, 0.5) is 0 Å². The number of nitrogens with zero attached hydrogens (tertiary/aromatic N) is 2. The summed E-state index contributed by atoms with van der Waals surface area (Å²) >= 11 is 0. The predicted molar refractivity (Wildman–Crippen MR) is 87.0 cm³/mol. The first-order valence-corrected chi connectivity index (χ1v) is 8.52. The molecule has 4 heteroatoms. The lowest BCUT2D eigenvalue weighted by Crippen LogP contribution is -2.56. The monoisotopic (exact) mass is 295 g/mol. The third-order valence-electron chi connectivity index (χ3n) is 5.71. The minimum Gasteiger partial charge on any atom is -0.340 e. The number of carbonyl (C=O) groups excluding carboxylic acids is 1. The van der Waals surface area contributed by atoms with Gasteiger partial charge in [-0.3, -0.25) is 9.69 Å². The average Bonchev–Trinajstić information content (AvgIpc) is 2.45. The molecule has 21 heavy (non-hydrogen) atoms. The van der Waals surface area contributed by atoms with E-state index in [4.69, 9.17) is 5.73 Å². The number of hydrogen-bond donors (Lipinski definition) is 1. The molecule has 4 nitrogen and oxygen atoms in total. The van der Waals surface area contributed by atoms with Crippen LogP contribution in [-0.2, 0) is 4.79 Å². The molecule has 1 heterocycles. The van der Waals surface area contributed by atoms with E-state index < -0.39 is 0 Å². The topological polar surface area (TPSA) is 49.6 Å². The molecule has 3 unspecified atom stereocenters. The lowest BCUT2D eigenvalue weighted by atomic mass is 9.67. The van der Waals surface area contributed by atoms with Crippen LogP contribution < -0.4 is 5.73 Å². The Labute approximate surface area is 130 Å². The molecular formula is C17H33N3O. The lowest BCUT2D eigenvalue weighted by molar-refractivity contribution is -0.131. The van der Waals surface area contributed by atoms with Crippen molar-refractivity contribution in [3.63, 3.8) is 0 Å². The summed E-state index contributed by atoms with van der Waals surface area (Å²) in [5, 5.41) is 0. The molecule has 3 atom stereocenters. The zero-order valence-corrected chi connectivity index (χ0v) is 14.3. The van der Waals surface area contributed by atoms with E-state index >= 15 is 0 Å². The highest BCUT2D eigenvalue weighted by Crippen LogP contribution is 2.41. The Hall–Kier alpha value is -0.610. The van der Waals surface area contributed by atoms with Crippen molar-refractivity contribution in [2.45, 2.75) is 53.0 Å². The summed E-state index contributed by atoms with van der Waals surface area (Å²) in [4.78, 5) is 16.0. The second kappa shape index (κ2) is 6.66. The SMILES string of the molecule is CC(=O)N1CCN(C2CC(C(C)(C)C)CCC2CN)CC1. The highest BCUT2D eigenvalue weighted by atomic mass is 16.2. The highest BCUT2D eigenvalue weighted by Gasteiger charge is 2.38. The van der Waals surface area contributed by atoms with E-state index in [2.05, 4.69) is 25.7 Å². The van der Waals surface area contributed by atoms with Crippen molar-refractivity contribution in [1.82, 2.24) is 9.80 Å². The maximum atomic E-state index is 11.5. The van der Waals surface area contributed by atoms with E-state index in [-0.39, 0.29) is 5.91 Å². The normalized spacial score (nSPS) is 32.2. The van der Waals surface area contributed by atoms with Crippen molar-refractivity contribution in [1.29, 1.82) is 0 Å². The molecule has 1 saturated carbocycles. The molecule has 122 valence electrons. The summed E-state index contributed by atoms with van der Waals surface area (Å²) in [6.07, 6.45) is 3.84. The third kappa shape index (κ3) is 3.98. The Bertz CT molecular complexity index is 356. The van der Waals surface area contributed by atoms with Crippen LogP contribution in [0.15, 0.2) is 0 Å². The van der Waals surface area contributed by atoms with E-state index in [0.29, 0.717) is 17.4 Å². The van der Waals surface area contributed by atoms with Crippen LogP contribution in [0.1, 0.15) is 47.0 Å². The largest absolute Gasteiger partial charge is 0.340 e. The highest BCUT2D eigenvalue weighted by molar-refractivity contribution is 5.73. The predicted octanol–water partition coefficient (Wildman–Crippen LogP) is 1.94. The standard InChI is InChI=1S/C17H33N3O/c1-13(21)19-7-9-20(10-8-19)16-11-15(17(2,3)4)6-5-14(16)12-18/h14-16H,5-12,18H2,1-4H3. The molecule has 1 amide bonds. The van der Waals surface area contributed by atoms with Gasteiger partial charge in [-0.15, -0.1) is 0 Å². The number of amides is 1. The van der Waals surface area contributed by atoms with E-state index in [9.17, 15) is 4.79 Å². The van der Waals surface area contributed by atoms with Crippen LogP contribution in [0.2, 0.25) is 0 Å². The molecule has 0 spiro atoms. The molecule has 1 aliphatic heterocycles. The van der Waals surface area contributed by atoms with E-state index in [1.807, 2.05) is 4.90 Å². The third-order valence-corrected chi connectivity index (χ3v) is 5.71. The molecule has 2 N–H and O–H groups in total. The van der Waals surface area contributed by atoms with Gasteiger partial charge in [0.05, 0.1) is 0 Å². The van der Waals surface area contributed by atoms with Crippen molar-refractivity contribution in [3.8, 4) is 0 Å².